The monoisotopic (exact) mass is 407 g/mol. The molecule has 3 rings (SSSR count). The van der Waals surface area contributed by atoms with Gasteiger partial charge in [-0.05, 0) is 35.9 Å². The maximum Gasteiger partial charge on any atom is 0.191 e. The number of imidazole rings is 1. The van der Waals surface area contributed by atoms with Crippen LogP contribution in [-0.2, 0) is 19.5 Å². The second-order valence-electron chi connectivity index (χ2n) is 6.87. The van der Waals surface area contributed by atoms with Crippen molar-refractivity contribution in [3.05, 3.63) is 83.4 Å². The molecule has 0 radical (unpaired) electrons. The Morgan fingerprint density at radius 1 is 1.14 bits per heavy atom. The third kappa shape index (κ3) is 6.12. The Morgan fingerprint density at radius 2 is 1.97 bits per heavy atom. The Bertz CT molecular complexity index is 933. The molecular formula is C23H29N5S. The van der Waals surface area contributed by atoms with E-state index < -0.39 is 0 Å². The maximum absolute atomic E-state index is 4.52. The molecule has 29 heavy (non-hydrogen) atoms. The average molecular weight is 408 g/mol. The molecule has 0 fully saturated rings. The van der Waals surface area contributed by atoms with Gasteiger partial charge in [0.05, 0.1) is 0 Å². The first-order valence-corrected chi connectivity index (χ1v) is 11.0. The molecule has 1 aromatic heterocycles. The quantitative estimate of drug-likeness (QED) is 0.338. The summed E-state index contributed by atoms with van der Waals surface area (Å²) in [6.45, 7) is 4.49. The van der Waals surface area contributed by atoms with Crippen LogP contribution in [-0.4, -0.2) is 35.4 Å². The first kappa shape index (κ1) is 21.0. The highest BCUT2D eigenvalue weighted by molar-refractivity contribution is 7.98. The van der Waals surface area contributed by atoms with Crippen LogP contribution < -0.4 is 10.6 Å². The maximum atomic E-state index is 4.52. The summed E-state index contributed by atoms with van der Waals surface area (Å²) in [7, 11) is 1.80. The fourth-order valence-electron chi connectivity index (χ4n) is 3.18. The summed E-state index contributed by atoms with van der Waals surface area (Å²) in [5.41, 5.74) is 3.84. The largest absolute Gasteiger partial charge is 0.356 e. The van der Waals surface area contributed by atoms with Crippen LogP contribution in [0.4, 0.5) is 0 Å². The molecule has 0 bridgehead atoms. The number of nitrogens with zero attached hydrogens (tertiary/aromatic N) is 3. The van der Waals surface area contributed by atoms with Gasteiger partial charge >= 0.3 is 0 Å². The van der Waals surface area contributed by atoms with E-state index in [1.54, 1.807) is 18.8 Å². The number of aliphatic imine (C=N–C) groups is 1. The summed E-state index contributed by atoms with van der Waals surface area (Å²) >= 11 is 1.78. The second kappa shape index (κ2) is 10.7. The van der Waals surface area contributed by atoms with Crippen LogP contribution in [0.25, 0.3) is 0 Å². The standard InChI is InChI=1S/C23H29N5S/c1-18-9-10-20(21(15-18)29-3)16-27-23(24-2)26-12-11-22-25-13-14-28(22)17-19-7-5-4-6-8-19/h4-10,13-15H,11-12,16-17H2,1-3H3,(H2,24,26,27). The number of guanidine groups is 1. The van der Waals surface area contributed by atoms with Crippen molar-refractivity contribution in [3.63, 3.8) is 0 Å². The van der Waals surface area contributed by atoms with Gasteiger partial charge in [0.15, 0.2) is 5.96 Å². The first-order chi connectivity index (χ1) is 14.2. The molecule has 0 saturated carbocycles. The summed E-state index contributed by atoms with van der Waals surface area (Å²) in [4.78, 5) is 10.2. The number of aryl methyl sites for hydroxylation is 1. The van der Waals surface area contributed by atoms with Crippen molar-refractivity contribution in [2.45, 2.75) is 31.3 Å². The van der Waals surface area contributed by atoms with E-state index in [2.05, 4.69) is 80.8 Å². The molecule has 2 N–H and O–H groups in total. The number of hydrogen-bond acceptors (Lipinski definition) is 3. The van der Waals surface area contributed by atoms with E-state index in [0.717, 1.165) is 37.8 Å². The van der Waals surface area contributed by atoms with Gasteiger partial charge in [-0.25, -0.2) is 4.98 Å². The van der Waals surface area contributed by atoms with E-state index in [1.165, 1.54) is 21.6 Å². The number of aromatic nitrogens is 2. The lowest BCUT2D eigenvalue weighted by Crippen LogP contribution is -2.38. The van der Waals surface area contributed by atoms with Crippen molar-refractivity contribution in [3.8, 4) is 0 Å². The molecule has 0 saturated heterocycles. The minimum Gasteiger partial charge on any atom is -0.356 e. The van der Waals surface area contributed by atoms with Crippen molar-refractivity contribution in [1.82, 2.24) is 20.2 Å². The third-order valence-electron chi connectivity index (χ3n) is 4.75. The predicted octanol–water partition coefficient (Wildman–Crippen LogP) is 3.87. The molecule has 5 nitrogen and oxygen atoms in total. The fourth-order valence-corrected chi connectivity index (χ4v) is 3.89. The molecule has 0 unspecified atom stereocenters. The van der Waals surface area contributed by atoms with Gasteiger partial charge in [-0.2, -0.15) is 0 Å². The van der Waals surface area contributed by atoms with E-state index in [9.17, 15) is 0 Å². The Hall–Kier alpha value is -2.73. The molecule has 6 heteroatoms. The number of nitrogens with one attached hydrogen (secondary N) is 2. The van der Waals surface area contributed by atoms with E-state index >= 15 is 0 Å². The van der Waals surface area contributed by atoms with Crippen molar-refractivity contribution in [2.24, 2.45) is 4.99 Å². The molecule has 0 amide bonds. The molecule has 3 aromatic rings. The van der Waals surface area contributed by atoms with Gasteiger partial charge in [0.25, 0.3) is 0 Å². The highest BCUT2D eigenvalue weighted by atomic mass is 32.2. The van der Waals surface area contributed by atoms with Gasteiger partial charge in [0.1, 0.15) is 5.82 Å². The number of hydrogen-bond donors (Lipinski definition) is 2. The molecule has 0 aliphatic heterocycles. The van der Waals surface area contributed by atoms with Crippen LogP contribution in [0.1, 0.15) is 22.5 Å². The summed E-state index contributed by atoms with van der Waals surface area (Å²) in [5.74, 6) is 1.87. The van der Waals surface area contributed by atoms with Crippen LogP contribution in [0, 0.1) is 6.92 Å². The van der Waals surface area contributed by atoms with E-state index in [4.69, 9.17) is 0 Å². The first-order valence-electron chi connectivity index (χ1n) is 9.81. The Labute approximate surface area is 177 Å². The Morgan fingerprint density at radius 3 is 2.72 bits per heavy atom. The van der Waals surface area contributed by atoms with Crippen LogP contribution in [0.2, 0.25) is 0 Å². The molecule has 0 aliphatic rings. The van der Waals surface area contributed by atoms with Crippen LogP contribution >= 0.6 is 11.8 Å². The van der Waals surface area contributed by atoms with Gasteiger partial charge in [-0.3, -0.25) is 4.99 Å². The van der Waals surface area contributed by atoms with Crippen molar-refractivity contribution < 1.29 is 0 Å². The topological polar surface area (TPSA) is 54.2 Å². The van der Waals surface area contributed by atoms with Gasteiger partial charge in [0.2, 0.25) is 0 Å². The molecular weight excluding hydrogens is 378 g/mol. The normalized spacial score (nSPS) is 11.5. The van der Waals surface area contributed by atoms with Gasteiger partial charge in [-0.1, -0.05) is 42.5 Å². The minimum absolute atomic E-state index is 0.749. The smallest absolute Gasteiger partial charge is 0.191 e. The second-order valence-corrected chi connectivity index (χ2v) is 7.72. The molecule has 0 spiro atoms. The predicted molar refractivity (Wildman–Crippen MR) is 123 cm³/mol. The number of rotatable bonds is 8. The summed E-state index contributed by atoms with van der Waals surface area (Å²) in [5, 5.41) is 6.81. The van der Waals surface area contributed by atoms with Crippen molar-refractivity contribution in [2.75, 3.05) is 19.8 Å². The zero-order valence-electron chi connectivity index (χ0n) is 17.4. The lowest BCUT2D eigenvalue weighted by molar-refractivity contribution is 0.693. The number of benzene rings is 2. The fraction of sp³-hybridized carbons (Fsp3) is 0.304. The third-order valence-corrected chi connectivity index (χ3v) is 5.57. The van der Waals surface area contributed by atoms with Gasteiger partial charge in [0, 0.05) is 50.4 Å². The lowest BCUT2D eigenvalue weighted by Gasteiger charge is -2.14. The average Bonchev–Trinajstić information content (AvgIpc) is 3.18. The van der Waals surface area contributed by atoms with Crippen LogP contribution in [0.3, 0.4) is 0 Å². The molecule has 0 aliphatic carbocycles. The van der Waals surface area contributed by atoms with Crippen molar-refractivity contribution >= 4 is 17.7 Å². The zero-order chi connectivity index (χ0) is 20.5. The highest BCUT2D eigenvalue weighted by Crippen LogP contribution is 2.21. The Kier molecular flexibility index (Phi) is 7.76. The summed E-state index contributed by atoms with van der Waals surface area (Å²) in [6.07, 6.45) is 6.85. The van der Waals surface area contributed by atoms with Gasteiger partial charge in [-0.15, -0.1) is 11.8 Å². The molecule has 2 aromatic carbocycles. The highest BCUT2D eigenvalue weighted by Gasteiger charge is 2.06. The SMILES string of the molecule is CN=C(NCCc1nccn1Cc1ccccc1)NCc1ccc(C)cc1SC. The summed E-state index contributed by atoms with van der Waals surface area (Å²) < 4.78 is 2.20. The molecule has 0 atom stereocenters. The van der Waals surface area contributed by atoms with E-state index in [0.29, 0.717) is 0 Å². The summed E-state index contributed by atoms with van der Waals surface area (Å²) in [6, 6.07) is 17.0. The van der Waals surface area contributed by atoms with Crippen LogP contribution in [0.5, 0.6) is 0 Å². The zero-order valence-corrected chi connectivity index (χ0v) is 18.2. The molecule has 152 valence electrons. The van der Waals surface area contributed by atoms with E-state index in [1.807, 2.05) is 18.5 Å². The lowest BCUT2D eigenvalue weighted by atomic mass is 10.1. The van der Waals surface area contributed by atoms with Crippen molar-refractivity contribution in [1.29, 1.82) is 0 Å². The van der Waals surface area contributed by atoms with E-state index in [-0.39, 0.29) is 0 Å². The van der Waals surface area contributed by atoms with Gasteiger partial charge < -0.3 is 15.2 Å². The Balaban J connectivity index is 1.50. The minimum atomic E-state index is 0.749. The number of thioether (sulfide) groups is 1. The molecule has 1 heterocycles. The van der Waals surface area contributed by atoms with Crippen LogP contribution in [0.15, 0.2) is 70.8 Å².